The normalized spacial score (nSPS) is 21.7. The van der Waals surface area contributed by atoms with E-state index in [0.29, 0.717) is 36.9 Å². The van der Waals surface area contributed by atoms with E-state index < -0.39 is 6.23 Å². The van der Waals surface area contributed by atoms with E-state index in [9.17, 15) is 9.59 Å². The Morgan fingerprint density at radius 2 is 2.16 bits per heavy atom. The van der Waals surface area contributed by atoms with Crippen molar-refractivity contribution in [3.05, 3.63) is 17.2 Å². The molecule has 0 bridgehead atoms. The molecule has 1 aromatic heterocycles. The van der Waals surface area contributed by atoms with Gasteiger partial charge in [0, 0.05) is 32.4 Å². The largest absolute Gasteiger partial charge is 0.441 e. The zero-order valence-corrected chi connectivity index (χ0v) is 15.5. The molecule has 2 aliphatic rings. The van der Waals surface area contributed by atoms with E-state index in [1.54, 1.807) is 11.9 Å². The molecule has 1 aliphatic heterocycles. The first-order chi connectivity index (χ1) is 12.1. The van der Waals surface area contributed by atoms with Crippen molar-refractivity contribution < 1.29 is 14.3 Å². The highest BCUT2D eigenvalue weighted by atomic mass is 32.1. The number of anilines is 1. The van der Waals surface area contributed by atoms with Gasteiger partial charge in [0.15, 0.2) is 6.23 Å². The molecule has 2 fully saturated rings. The van der Waals surface area contributed by atoms with Crippen LogP contribution < -0.4 is 4.90 Å². The van der Waals surface area contributed by atoms with E-state index in [0.717, 1.165) is 17.8 Å². The zero-order valence-electron chi connectivity index (χ0n) is 14.7. The van der Waals surface area contributed by atoms with Gasteiger partial charge in [-0.25, -0.2) is 9.69 Å². The van der Waals surface area contributed by atoms with Crippen LogP contribution in [0.1, 0.15) is 56.4 Å². The molecule has 0 N–H and O–H groups in total. The summed E-state index contributed by atoms with van der Waals surface area (Å²) in [4.78, 5) is 27.8. The number of hydrogen-bond acceptors (Lipinski definition) is 6. The quantitative estimate of drug-likeness (QED) is 0.572. The molecule has 3 rings (SSSR count). The lowest BCUT2D eigenvalue weighted by molar-refractivity contribution is -0.149. The molecule has 1 aliphatic carbocycles. The van der Waals surface area contributed by atoms with Gasteiger partial charge in [0.25, 0.3) is 0 Å². The van der Waals surface area contributed by atoms with Gasteiger partial charge < -0.3 is 9.64 Å². The number of carbonyl (C=O) groups is 2. The van der Waals surface area contributed by atoms with Gasteiger partial charge >= 0.3 is 12.0 Å². The third kappa shape index (κ3) is 4.00. The number of carbonyl (C=O) groups excluding carboxylic acids is 2. The van der Waals surface area contributed by atoms with Crippen LogP contribution in [-0.2, 0) is 9.53 Å². The van der Waals surface area contributed by atoms with Crippen LogP contribution >= 0.6 is 11.3 Å². The molecule has 1 saturated carbocycles. The maximum absolute atomic E-state index is 12.6. The number of rotatable bonds is 6. The number of aromatic nitrogens is 2. The molecular formula is C17H24N4O3S. The topological polar surface area (TPSA) is 75.6 Å². The van der Waals surface area contributed by atoms with Crippen molar-refractivity contribution in [1.82, 2.24) is 15.1 Å². The van der Waals surface area contributed by atoms with Gasteiger partial charge in [-0.1, -0.05) is 29.9 Å². The van der Waals surface area contributed by atoms with Crippen molar-refractivity contribution in [2.45, 2.75) is 57.6 Å². The Bertz CT molecular complexity index is 656. The second-order valence-electron chi connectivity index (χ2n) is 6.47. The second-order valence-corrected chi connectivity index (χ2v) is 7.45. The summed E-state index contributed by atoms with van der Waals surface area (Å²) in [6, 6.07) is -0.200. The number of esters is 1. The van der Waals surface area contributed by atoms with Crippen molar-refractivity contribution in [2.75, 3.05) is 18.5 Å². The van der Waals surface area contributed by atoms with Crippen LogP contribution in [0.25, 0.3) is 0 Å². The number of allylic oxidation sites excluding steroid dienone is 2. The fourth-order valence-corrected chi connectivity index (χ4v) is 3.92. The third-order valence-corrected chi connectivity index (χ3v) is 5.73. The standard InChI is InChI=1S/C17H24N4O3S/c1-3-4-5-9-14(22)24-13-10-11-20(2)17(23)21(13)16-19-18-15(25-16)12-7-6-8-12/h3-4,12-13H,5-11H2,1-2H3/b4-3+. The first-order valence-electron chi connectivity index (χ1n) is 8.78. The number of urea groups is 1. The molecular weight excluding hydrogens is 340 g/mol. The van der Waals surface area contributed by atoms with Crippen LogP contribution in [0.2, 0.25) is 0 Å². The molecule has 2 heterocycles. The summed E-state index contributed by atoms with van der Waals surface area (Å²) in [7, 11) is 1.74. The highest BCUT2D eigenvalue weighted by molar-refractivity contribution is 7.15. The van der Waals surface area contributed by atoms with E-state index in [4.69, 9.17) is 4.74 Å². The van der Waals surface area contributed by atoms with Gasteiger partial charge in [0.1, 0.15) is 5.01 Å². The molecule has 1 aromatic rings. The van der Waals surface area contributed by atoms with Gasteiger partial charge in [-0.2, -0.15) is 0 Å². The summed E-state index contributed by atoms with van der Waals surface area (Å²) in [5.41, 5.74) is 0. The minimum atomic E-state index is -0.607. The minimum Gasteiger partial charge on any atom is -0.441 e. The van der Waals surface area contributed by atoms with Crippen molar-refractivity contribution in [3.63, 3.8) is 0 Å². The Morgan fingerprint density at radius 1 is 1.36 bits per heavy atom. The summed E-state index contributed by atoms with van der Waals surface area (Å²) in [6.45, 7) is 2.47. The van der Waals surface area contributed by atoms with Gasteiger partial charge in [-0.15, -0.1) is 10.2 Å². The number of nitrogens with zero attached hydrogens (tertiary/aromatic N) is 4. The number of ether oxygens (including phenoxy) is 1. The molecule has 0 aromatic carbocycles. The van der Waals surface area contributed by atoms with Crippen LogP contribution in [0.5, 0.6) is 0 Å². The van der Waals surface area contributed by atoms with Gasteiger partial charge in [0.05, 0.1) is 0 Å². The Labute approximate surface area is 151 Å². The lowest BCUT2D eigenvalue weighted by Crippen LogP contribution is -2.54. The van der Waals surface area contributed by atoms with Crippen LogP contribution in [0.3, 0.4) is 0 Å². The molecule has 0 radical (unpaired) electrons. The molecule has 0 spiro atoms. The lowest BCUT2D eigenvalue weighted by Gasteiger charge is -2.37. The maximum atomic E-state index is 12.6. The molecule has 8 heteroatoms. The first kappa shape index (κ1) is 17.8. The molecule has 136 valence electrons. The van der Waals surface area contributed by atoms with Crippen molar-refractivity contribution in [2.24, 2.45) is 0 Å². The molecule has 1 saturated heterocycles. The van der Waals surface area contributed by atoms with E-state index in [-0.39, 0.29) is 12.0 Å². The summed E-state index contributed by atoms with van der Waals surface area (Å²) >= 11 is 1.44. The minimum absolute atomic E-state index is 0.200. The maximum Gasteiger partial charge on any atom is 0.329 e. The van der Waals surface area contributed by atoms with Gasteiger partial charge in [-0.3, -0.25) is 4.79 Å². The lowest BCUT2D eigenvalue weighted by atomic mass is 9.86. The summed E-state index contributed by atoms with van der Waals surface area (Å²) in [5, 5.41) is 9.95. The number of amides is 2. The number of hydrogen-bond donors (Lipinski definition) is 0. The van der Waals surface area contributed by atoms with Crippen molar-refractivity contribution in [3.8, 4) is 0 Å². The second kappa shape index (κ2) is 7.95. The average molecular weight is 364 g/mol. The van der Waals surface area contributed by atoms with Crippen molar-refractivity contribution in [1.29, 1.82) is 0 Å². The molecule has 2 amide bonds. The predicted molar refractivity (Wildman–Crippen MR) is 95.6 cm³/mol. The summed E-state index contributed by atoms with van der Waals surface area (Å²) in [5.74, 6) is 0.167. The monoisotopic (exact) mass is 364 g/mol. The fourth-order valence-electron chi connectivity index (χ4n) is 2.88. The fraction of sp³-hybridized carbons (Fsp3) is 0.647. The van der Waals surface area contributed by atoms with Crippen molar-refractivity contribution >= 4 is 28.5 Å². The Kier molecular flexibility index (Phi) is 5.67. The molecule has 7 nitrogen and oxygen atoms in total. The smallest absolute Gasteiger partial charge is 0.329 e. The zero-order chi connectivity index (χ0) is 17.8. The summed E-state index contributed by atoms with van der Waals surface area (Å²) in [6.07, 6.45) is 8.22. The Morgan fingerprint density at radius 3 is 2.84 bits per heavy atom. The van der Waals surface area contributed by atoms with Gasteiger partial charge in [-0.05, 0) is 26.2 Å². The van der Waals surface area contributed by atoms with Crippen LogP contribution in [0.15, 0.2) is 12.2 Å². The van der Waals surface area contributed by atoms with Crippen LogP contribution in [-0.4, -0.2) is 46.9 Å². The summed E-state index contributed by atoms with van der Waals surface area (Å²) < 4.78 is 5.58. The van der Waals surface area contributed by atoms with Crippen LogP contribution in [0, 0.1) is 0 Å². The Hall–Kier alpha value is -1.96. The average Bonchev–Trinajstić information content (AvgIpc) is 2.98. The molecule has 1 atom stereocenters. The first-order valence-corrected chi connectivity index (χ1v) is 9.60. The third-order valence-electron chi connectivity index (χ3n) is 4.64. The highest BCUT2D eigenvalue weighted by Crippen LogP contribution is 2.40. The molecule has 1 unspecified atom stereocenters. The van der Waals surface area contributed by atoms with E-state index in [1.807, 2.05) is 19.1 Å². The van der Waals surface area contributed by atoms with Crippen LogP contribution in [0.4, 0.5) is 9.93 Å². The van der Waals surface area contributed by atoms with E-state index >= 15 is 0 Å². The predicted octanol–water partition coefficient (Wildman–Crippen LogP) is 3.29. The van der Waals surface area contributed by atoms with Gasteiger partial charge in [0.2, 0.25) is 5.13 Å². The van der Waals surface area contributed by atoms with E-state index in [2.05, 4.69) is 10.2 Å². The molecule has 25 heavy (non-hydrogen) atoms. The SMILES string of the molecule is C/C=C/CCC(=O)OC1CCN(C)C(=O)N1c1nnc(C2CCC2)s1. The highest BCUT2D eigenvalue weighted by Gasteiger charge is 2.38. The Balaban J connectivity index is 1.72. The van der Waals surface area contributed by atoms with E-state index in [1.165, 1.54) is 22.7 Å².